The summed E-state index contributed by atoms with van der Waals surface area (Å²) < 4.78 is 46.6. The average Bonchev–Trinajstić information content (AvgIpc) is 3.13. The summed E-state index contributed by atoms with van der Waals surface area (Å²) in [5, 5.41) is 2.59. The Bertz CT molecular complexity index is 1150. The van der Waals surface area contributed by atoms with Gasteiger partial charge in [-0.3, -0.25) is 0 Å². The summed E-state index contributed by atoms with van der Waals surface area (Å²) in [5.74, 6) is 5.69. The molecule has 4 rings (SSSR count). The largest absolute Gasteiger partial charge is 0.484 e. The molecular weight excluding hydrogens is 431 g/mol. The Morgan fingerprint density at radius 3 is 2.12 bits per heavy atom. The van der Waals surface area contributed by atoms with Crippen LogP contribution in [0, 0.1) is 11.8 Å². The molecule has 3 aromatic rings. The number of alkyl carbamates (subject to hydrolysis) is 1. The molecule has 7 heteroatoms. The van der Waals surface area contributed by atoms with E-state index in [4.69, 9.17) is 4.74 Å². The smallest absolute Gasteiger partial charge is 0.422 e. The second-order valence-electron chi connectivity index (χ2n) is 7.41. The molecule has 4 nitrogen and oxygen atoms in total. The predicted molar refractivity (Wildman–Crippen MR) is 118 cm³/mol. The van der Waals surface area contributed by atoms with E-state index in [1.54, 1.807) is 12.1 Å². The van der Waals surface area contributed by atoms with Gasteiger partial charge in [0.1, 0.15) is 12.4 Å². The number of hydrogen-bond acceptors (Lipinski definition) is 3. The SMILES string of the molecule is O=C(NCC#Cc1ccc(OCC(F)(F)F)cc1)OCC1c2ccccc2-c2ccccc21. The van der Waals surface area contributed by atoms with E-state index in [0.717, 1.165) is 22.3 Å². The number of rotatable bonds is 5. The lowest BCUT2D eigenvalue weighted by atomic mass is 9.98. The number of fused-ring (bicyclic) bond motifs is 3. The number of carbonyl (C=O) groups is 1. The molecule has 0 aliphatic heterocycles. The average molecular weight is 451 g/mol. The van der Waals surface area contributed by atoms with Crippen molar-refractivity contribution in [1.82, 2.24) is 5.32 Å². The fourth-order valence-electron chi connectivity index (χ4n) is 3.71. The van der Waals surface area contributed by atoms with E-state index in [9.17, 15) is 18.0 Å². The maximum atomic E-state index is 12.2. The van der Waals surface area contributed by atoms with Gasteiger partial charge in [0.05, 0.1) is 6.54 Å². The Labute approximate surface area is 189 Å². The zero-order valence-corrected chi connectivity index (χ0v) is 17.5. The molecule has 0 radical (unpaired) electrons. The van der Waals surface area contributed by atoms with Crippen molar-refractivity contribution in [2.75, 3.05) is 19.8 Å². The van der Waals surface area contributed by atoms with Crippen LogP contribution in [0.3, 0.4) is 0 Å². The van der Waals surface area contributed by atoms with Gasteiger partial charge in [-0.1, -0.05) is 60.4 Å². The normalized spacial score (nSPS) is 12.2. The van der Waals surface area contributed by atoms with Crippen molar-refractivity contribution >= 4 is 6.09 Å². The minimum atomic E-state index is -4.39. The van der Waals surface area contributed by atoms with Gasteiger partial charge in [-0.2, -0.15) is 13.2 Å². The maximum absolute atomic E-state index is 12.2. The quantitative estimate of drug-likeness (QED) is 0.520. The molecule has 0 spiro atoms. The highest BCUT2D eigenvalue weighted by Crippen LogP contribution is 2.44. The van der Waals surface area contributed by atoms with Crippen LogP contribution in [0.1, 0.15) is 22.6 Å². The monoisotopic (exact) mass is 451 g/mol. The number of hydrogen-bond donors (Lipinski definition) is 1. The van der Waals surface area contributed by atoms with Gasteiger partial charge in [0, 0.05) is 11.5 Å². The summed E-state index contributed by atoms with van der Waals surface area (Å²) in [7, 11) is 0. The Morgan fingerprint density at radius 1 is 0.909 bits per heavy atom. The van der Waals surface area contributed by atoms with E-state index < -0.39 is 18.9 Å². The number of benzene rings is 3. The number of halogens is 3. The molecule has 1 aliphatic carbocycles. The first kappa shape index (κ1) is 22.3. The van der Waals surface area contributed by atoms with Crippen LogP contribution in [-0.4, -0.2) is 32.0 Å². The highest BCUT2D eigenvalue weighted by atomic mass is 19.4. The van der Waals surface area contributed by atoms with Gasteiger partial charge in [-0.05, 0) is 46.5 Å². The lowest BCUT2D eigenvalue weighted by Crippen LogP contribution is -2.26. The van der Waals surface area contributed by atoms with Gasteiger partial charge >= 0.3 is 12.3 Å². The molecule has 1 amide bonds. The van der Waals surface area contributed by atoms with Crippen molar-refractivity contribution in [2.45, 2.75) is 12.1 Å². The first-order valence-electron chi connectivity index (χ1n) is 10.3. The summed E-state index contributed by atoms with van der Waals surface area (Å²) in [6.07, 6.45) is -4.95. The Balaban J connectivity index is 1.26. The van der Waals surface area contributed by atoms with Crippen molar-refractivity contribution in [3.05, 3.63) is 89.5 Å². The number of amides is 1. The minimum Gasteiger partial charge on any atom is -0.484 e. The fourth-order valence-corrected chi connectivity index (χ4v) is 3.71. The molecular formula is C26H20F3NO3. The standard InChI is InChI=1S/C26H20F3NO3/c27-26(28,29)17-33-19-13-11-18(12-14-19)6-5-15-30-25(31)32-16-24-22-9-3-1-7-20(22)21-8-2-4-10-23(21)24/h1-4,7-14,24H,15-17H2,(H,30,31). The lowest BCUT2D eigenvalue weighted by molar-refractivity contribution is -0.153. The highest BCUT2D eigenvalue weighted by molar-refractivity contribution is 5.79. The third-order valence-corrected chi connectivity index (χ3v) is 5.15. The molecule has 1 N–H and O–H groups in total. The van der Waals surface area contributed by atoms with Crippen LogP contribution in [-0.2, 0) is 4.74 Å². The Kier molecular flexibility index (Phi) is 6.55. The summed E-state index contributed by atoms with van der Waals surface area (Å²) in [4.78, 5) is 12.1. The Hall–Kier alpha value is -3.92. The minimum absolute atomic E-state index is 0.0210. The van der Waals surface area contributed by atoms with Crippen molar-refractivity contribution < 1.29 is 27.4 Å². The van der Waals surface area contributed by atoms with Crippen LogP contribution < -0.4 is 10.1 Å². The molecule has 33 heavy (non-hydrogen) atoms. The van der Waals surface area contributed by atoms with Crippen LogP contribution in [0.25, 0.3) is 11.1 Å². The van der Waals surface area contributed by atoms with Gasteiger partial charge in [-0.25, -0.2) is 4.79 Å². The van der Waals surface area contributed by atoms with E-state index >= 15 is 0 Å². The number of ether oxygens (including phenoxy) is 2. The van der Waals surface area contributed by atoms with E-state index in [1.165, 1.54) is 12.1 Å². The summed E-state index contributed by atoms with van der Waals surface area (Å²) in [5.41, 5.74) is 5.16. The predicted octanol–water partition coefficient (Wildman–Crippen LogP) is 5.52. The molecule has 0 saturated heterocycles. The molecule has 168 valence electrons. The number of carbonyl (C=O) groups excluding carboxylic acids is 1. The lowest BCUT2D eigenvalue weighted by Gasteiger charge is -2.14. The molecule has 0 unspecified atom stereocenters. The zero-order chi connectivity index (χ0) is 23.3. The first-order valence-corrected chi connectivity index (χ1v) is 10.3. The molecule has 0 fully saturated rings. The van der Waals surface area contributed by atoms with Crippen LogP contribution in [0.4, 0.5) is 18.0 Å². The molecule has 0 bridgehead atoms. The van der Waals surface area contributed by atoms with E-state index in [0.29, 0.717) is 5.56 Å². The third-order valence-electron chi connectivity index (χ3n) is 5.15. The molecule has 0 saturated carbocycles. The molecule has 0 atom stereocenters. The molecule has 3 aromatic carbocycles. The third kappa shape index (κ3) is 5.66. The van der Waals surface area contributed by atoms with E-state index in [-0.39, 0.29) is 24.8 Å². The second kappa shape index (κ2) is 9.70. The van der Waals surface area contributed by atoms with Crippen molar-refractivity contribution in [3.63, 3.8) is 0 Å². The van der Waals surface area contributed by atoms with Crippen LogP contribution in [0.2, 0.25) is 0 Å². The van der Waals surface area contributed by atoms with Gasteiger partial charge in [0.2, 0.25) is 0 Å². The van der Waals surface area contributed by atoms with Gasteiger partial charge in [0.25, 0.3) is 0 Å². The van der Waals surface area contributed by atoms with E-state index in [1.807, 2.05) is 36.4 Å². The van der Waals surface area contributed by atoms with Gasteiger partial charge in [-0.15, -0.1) is 0 Å². The summed E-state index contributed by atoms with van der Waals surface area (Å²) >= 11 is 0. The first-order chi connectivity index (χ1) is 15.9. The summed E-state index contributed by atoms with van der Waals surface area (Å²) in [6.45, 7) is -1.06. The molecule has 0 aromatic heterocycles. The summed E-state index contributed by atoms with van der Waals surface area (Å²) in [6, 6.07) is 22.1. The van der Waals surface area contributed by atoms with Crippen LogP contribution in [0.5, 0.6) is 5.75 Å². The van der Waals surface area contributed by atoms with Gasteiger partial charge < -0.3 is 14.8 Å². The van der Waals surface area contributed by atoms with Crippen molar-refractivity contribution in [2.24, 2.45) is 0 Å². The van der Waals surface area contributed by atoms with Gasteiger partial charge in [0.15, 0.2) is 6.61 Å². The van der Waals surface area contributed by atoms with Crippen molar-refractivity contribution in [3.8, 4) is 28.7 Å². The maximum Gasteiger partial charge on any atom is 0.422 e. The van der Waals surface area contributed by atoms with E-state index in [2.05, 4.69) is 34.0 Å². The Morgan fingerprint density at radius 2 is 1.52 bits per heavy atom. The molecule has 1 aliphatic rings. The number of alkyl halides is 3. The molecule has 0 heterocycles. The highest BCUT2D eigenvalue weighted by Gasteiger charge is 2.29. The van der Waals surface area contributed by atoms with Crippen LogP contribution in [0.15, 0.2) is 72.8 Å². The fraction of sp³-hybridized carbons (Fsp3) is 0.192. The topological polar surface area (TPSA) is 47.6 Å². The van der Waals surface area contributed by atoms with Crippen molar-refractivity contribution in [1.29, 1.82) is 0 Å². The zero-order valence-electron chi connectivity index (χ0n) is 17.5. The van der Waals surface area contributed by atoms with Crippen LogP contribution >= 0.6 is 0 Å². The number of nitrogens with one attached hydrogen (secondary N) is 1. The second-order valence-corrected chi connectivity index (χ2v) is 7.41.